The van der Waals surface area contributed by atoms with Gasteiger partial charge in [0.25, 0.3) is 0 Å². The molecule has 0 aliphatic carbocycles. The monoisotopic (exact) mass is 1200 g/mol. The van der Waals surface area contributed by atoms with Gasteiger partial charge < -0.3 is 33.8 Å². The van der Waals surface area contributed by atoms with Crippen molar-refractivity contribution in [3.05, 3.63) is 0 Å². The Kier molecular flexibility index (Phi) is 55.8. The summed E-state index contributed by atoms with van der Waals surface area (Å²) in [5, 5.41) is 10.5. The van der Waals surface area contributed by atoms with Crippen LogP contribution in [0.3, 0.4) is 0 Å². The second-order valence-corrected chi connectivity index (χ2v) is 25.4. The zero-order valence-electron chi connectivity index (χ0n) is 51.7. The number of phosphoric ester groups is 2. The number of aliphatic hydroxyl groups is 1. The van der Waals surface area contributed by atoms with Crippen LogP contribution in [0, 0.1) is 0 Å². The molecule has 0 aromatic carbocycles. The fourth-order valence-electron chi connectivity index (χ4n) is 9.28. The molecule has 3 N–H and O–H groups in total. The summed E-state index contributed by atoms with van der Waals surface area (Å²) >= 11 is 0. The predicted octanol–water partition coefficient (Wildman–Crippen LogP) is 17.2. The summed E-state index contributed by atoms with van der Waals surface area (Å²) < 4.78 is 67.7. The summed E-state index contributed by atoms with van der Waals surface area (Å²) in [5.41, 5.74) is 0. The Bertz CT molecular complexity index is 1570. The zero-order chi connectivity index (χ0) is 59.8. The number of carbonyl (C=O) groups excluding carboxylic acids is 4. The molecule has 480 valence electrons. The lowest BCUT2D eigenvalue weighted by molar-refractivity contribution is -0.161. The van der Waals surface area contributed by atoms with E-state index >= 15 is 0 Å². The van der Waals surface area contributed by atoms with E-state index in [1.807, 2.05) is 0 Å². The third-order valence-corrected chi connectivity index (χ3v) is 16.3. The predicted molar refractivity (Wildman–Crippen MR) is 322 cm³/mol. The van der Waals surface area contributed by atoms with Gasteiger partial charge in [-0.1, -0.05) is 265 Å². The molecular weight excluding hydrogens is 1080 g/mol. The SMILES string of the molecule is CCCCCCCCCCCCCCCCC(=O)O[C@H](COC(=O)CCCCCCCCCCCCCCC)COP(=O)(O)OC[C@@H](O)COP(=O)(O)OC[C@@H](COC(=O)CCCCCCCCC)OC(=O)CCCCCCCCC. The number of unbranched alkanes of at least 4 members (excludes halogenated alkanes) is 37. The highest BCUT2D eigenvalue weighted by Crippen LogP contribution is 2.45. The summed E-state index contributed by atoms with van der Waals surface area (Å²) in [6.07, 6.45) is 41.9. The average molecular weight is 1200 g/mol. The van der Waals surface area contributed by atoms with E-state index in [-0.39, 0.29) is 25.7 Å². The van der Waals surface area contributed by atoms with E-state index in [0.29, 0.717) is 25.7 Å². The minimum absolute atomic E-state index is 0.104. The van der Waals surface area contributed by atoms with Gasteiger partial charge in [-0.05, 0) is 25.7 Å². The van der Waals surface area contributed by atoms with Crippen LogP contribution < -0.4 is 0 Å². The molecule has 2 unspecified atom stereocenters. The molecule has 19 heteroatoms. The molecule has 81 heavy (non-hydrogen) atoms. The Balaban J connectivity index is 5.18. The second-order valence-electron chi connectivity index (χ2n) is 22.4. The van der Waals surface area contributed by atoms with Crippen molar-refractivity contribution in [3.63, 3.8) is 0 Å². The van der Waals surface area contributed by atoms with Crippen LogP contribution in [-0.4, -0.2) is 96.7 Å². The summed E-state index contributed by atoms with van der Waals surface area (Å²) in [6, 6.07) is 0. The molecule has 0 bridgehead atoms. The minimum Gasteiger partial charge on any atom is -0.462 e. The van der Waals surface area contributed by atoms with E-state index in [0.717, 1.165) is 116 Å². The summed E-state index contributed by atoms with van der Waals surface area (Å²) in [4.78, 5) is 71.9. The first-order chi connectivity index (χ1) is 39.2. The van der Waals surface area contributed by atoms with E-state index in [4.69, 9.17) is 37.0 Å². The number of hydrogen-bond acceptors (Lipinski definition) is 15. The zero-order valence-corrected chi connectivity index (χ0v) is 53.5. The van der Waals surface area contributed by atoms with Crippen LogP contribution in [0.5, 0.6) is 0 Å². The Hall–Kier alpha value is -1.94. The Labute approximate surface area is 492 Å². The molecule has 0 aliphatic heterocycles. The highest BCUT2D eigenvalue weighted by atomic mass is 31.2. The lowest BCUT2D eigenvalue weighted by Gasteiger charge is -2.21. The van der Waals surface area contributed by atoms with Crippen molar-refractivity contribution in [2.24, 2.45) is 0 Å². The molecular formula is C62H120O17P2. The number of phosphoric acid groups is 2. The van der Waals surface area contributed by atoms with Crippen molar-refractivity contribution >= 4 is 39.5 Å². The van der Waals surface area contributed by atoms with Crippen molar-refractivity contribution in [1.82, 2.24) is 0 Å². The van der Waals surface area contributed by atoms with Crippen molar-refractivity contribution in [1.29, 1.82) is 0 Å². The van der Waals surface area contributed by atoms with E-state index < -0.39 is 97.5 Å². The van der Waals surface area contributed by atoms with Crippen LogP contribution in [0.25, 0.3) is 0 Å². The van der Waals surface area contributed by atoms with Crippen LogP contribution in [0.2, 0.25) is 0 Å². The maximum absolute atomic E-state index is 13.0. The van der Waals surface area contributed by atoms with Crippen molar-refractivity contribution < 1.29 is 80.2 Å². The topological polar surface area (TPSA) is 237 Å². The highest BCUT2D eigenvalue weighted by molar-refractivity contribution is 7.47. The summed E-state index contributed by atoms with van der Waals surface area (Å²) in [6.45, 7) is 4.80. The Morgan fingerprint density at radius 3 is 0.728 bits per heavy atom. The van der Waals surface area contributed by atoms with Crippen LogP contribution >= 0.6 is 15.6 Å². The molecule has 0 radical (unpaired) electrons. The fraction of sp³-hybridized carbons (Fsp3) is 0.935. The lowest BCUT2D eigenvalue weighted by Crippen LogP contribution is -2.30. The quantitative estimate of drug-likeness (QED) is 0.0222. The van der Waals surface area contributed by atoms with Gasteiger partial charge in [-0.2, -0.15) is 0 Å². The second kappa shape index (κ2) is 57.2. The van der Waals surface area contributed by atoms with Gasteiger partial charge in [-0.25, -0.2) is 9.13 Å². The number of aliphatic hydroxyl groups excluding tert-OH is 1. The maximum Gasteiger partial charge on any atom is 0.472 e. The van der Waals surface area contributed by atoms with Crippen LogP contribution in [-0.2, 0) is 65.4 Å². The molecule has 0 amide bonds. The molecule has 0 aliphatic rings. The van der Waals surface area contributed by atoms with Crippen LogP contribution in [0.4, 0.5) is 0 Å². The van der Waals surface area contributed by atoms with Gasteiger partial charge in [0, 0.05) is 25.7 Å². The Morgan fingerprint density at radius 1 is 0.296 bits per heavy atom. The van der Waals surface area contributed by atoms with Gasteiger partial charge in [0.15, 0.2) is 12.2 Å². The van der Waals surface area contributed by atoms with Gasteiger partial charge in [0.2, 0.25) is 0 Å². The van der Waals surface area contributed by atoms with E-state index in [9.17, 15) is 43.2 Å². The molecule has 0 heterocycles. The fourth-order valence-corrected chi connectivity index (χ4v) is 10.9. The molecule has 0 rings (SSSR count). The molecule has 0 saturated carbocycles. The van der Waals surface area contributed by atoms with E-state index in [1.165, 1.54) is 122 Å². The molecule has 0 saturated heterocycles. The average Bonchev–Trinajstić information content (AvgIpc) is 3.44. The molecule has 5 atom stereocenters. The number of esters is 4. The van der Waals surface area contributed by atoms with E-state index in [1.54, 1.807) is 0 Å². The number of ether oxygens (including phenoxy) is 4. The van der Waals surface area contributed by atoms with E-state index in [2.05, 4.69) is 27.7 Å². The van der Waals surface area contributed by atoms with Crippen molar-refractivity contribution in [2.45, 2.75) is 335 Å². The number of carbonyl (C=O) groups is 4. The van der Waals surface area contributed by atoms with Gasteiger partial charge in [0.1, 0.15) is 19.3 Å². The van der Waals surface area contributed by atoms with Gasteiger partial charge in [0.05, 0.1) is 26.4 Å². The van der Waals surface area contributed by atoms with Crippen LogP contribution in [0.15, 0.2) is 0 Å². The first-order valence-electron chi connectivity index (χ1n) is 32.8. The van der Waals surface area contributed by atoms with Crippen molar-refractivity contribution in [2.75, 3.05) is 39.6 Å². The van der Waals surface area contributed by atoms with Crippen LogP contribution in [0.1, 0.15) is 317 Å². The smallest absolute Gasteiger partial charge is 0.462 e. The molecule has 0 spiro atoms. The number of hydrogen-bond donors (Lipinski definition) is 3. The molecule has 0 aromatic heterocycles. The largest absolute Gasteiger partial charge is 0.472 e. The molecule has 0 aromatic rings. The molecule has 0 fully saturated rings. The van der Waals surface area contributed by atoms with Crippen molar-refractivity contribution in [3.8, 4) is 0 Å². The van der Waals surface area contributed by atoms with Gasteiger partial charge in [-0.15, -0.1) is 0 Å². The minimum atomic E-state index is -4.94. The molecule has 17 nitrogen and oxygen atoms in total. The lowest BCUT2D eigenvalue weighted by atomic mass is 10.0. The van der Waals surface area contributed by atoms with Gasteiger partial charge in [-0.3, -0.25) is 37.3 Å². The number of rotatable bonds is 63. The first-order valence-corrected chi connectivity index (χ1v) is 35.8. The third kappa shape index (κ3) is 56.9. The highest BCUT2D eigenvalue weighted by Gasteiger charge is 2.30. The standard InChI is InChI=1S/C62H120O17P2/c1-5-9-13-17-21-23-25-27-29-31-33-37-41-45-49-62(67)79-58(53-73-60(65)47-43-39-36-32-30-28-26-24-22-18-14-10-6-2)55-77-81(70,71)75-51-56(63)50-74-80(68,69)76-54-57(78-61(66)48-44-40-35-20-16-12-8-4)52-72-59(64)46-42-38-34-19-15-11-7-3/h56-58,63H,5-55H2,1-4H3,(H,68,69)(H,70,71)/t56-,57+,58+/m0/s1. The summed E-state index contributed by atoms with van der Waals surface area (Å²) in [5.74, 6) is -2.14. The Morgan fingerprint density at radius 2 is 0.494 bits per heavy atom. The normalized spacial score (nSPS) is 14.2. The first kappa shape index (κ1) is 79.1. The summed E-state index contributed by atoms with van der Waals surface area (Å²) in [7, 11) is -9.87. The third-order valence-electron chi connectivity index (χ3n) is 14.4. The maximum atomic E-state index is 13.0. The van der Waals surface area contributed by atoms with Gasteiger partial charge >= 0.3 is 39.5 Å².